The Bertz CT molecular complexity index is 1050. The van der Waals surface area contributed by atoms with Gasteiger partial charge in [0.1, 0.15) is 30.2 Å². The SMILES string of the molecule is CC[C@H](C)[C@H](N)C(=O)NS(=O)(=O)NC[C@H]1O[C@@H](n2cnc3c(N)ncnc32)[C@@H](O)C1O. The van der Waals surface area contributed by atoms with Gasteiger partial charge in [-0.15, -0.1) is 0 Å². The van der Waals surface area contributed by atoms with Crippen LogP contribution in [0, 0.1) is 5.92 Å². The molecule has 1 unspecified atom stereocenters. The second kappa shape index (κ2) is 8.97. The van der Waals surface area contributed by atoms with Crippen LogP contribution >= 0.6 is 0 Å². The first kappa shape index (κ1) is 23.2. The van der Waals surface area contributed by atoms with Gasteiger partial charge in [0.15, 0.2) is 17.7 Å². The number of hydrogen-bond acceptors (Lipinski definition) is 11. The van der Waals surface area contributed by atoms with Crippen molar-refractivity contribution in [2.45, 2.75) is 50.8 Å². The zero-order valence-corrected chi connectivity index (χ0v) is 17.7. The molecule has 0 radical (unpaired) electrons. The van der Waals surface area contributed by atoms with Crippen molar-refractivity contribution in [2.24, 2.45) is 11.7 Å². The zero-order chi connectivity index (χ0) is 22.9. The second-order valence-corrected chi connectivity index (χ2v) is 8.86. The van der Waals surface area contributed by atoms with Crippen LogP contribution in [-0.2, 0) is 19.7 Å². The van der Waals surface area contributed by atoms with E-state index in [0.717, 1.165) is 0 Å². The van der Waals surface area contributed by atoms with Crippen molar-refractivity contribution in [3.05, 3.63) is 12.7 Å². The van der Waals surface area contributed by atoms with Crippen LogP contribution in [0.5, 0.6) is 0 Å². The first-order chi connectivity index (χ1) is 14.6. The van der Waals surface area contributed by atoms with E-state index in [0.29, 0.717) is 6.42 Å². The minimum Gasteiger partial charge on any atom is -0.387 e. The Morgan fingerprint density at radius 1 is 1.32 bits per heavy atom. The normalized spacial score (nSPS) is 26.1. The molecule has 1 aliphatic rings. The van der Waals surface area contributed by atoms with E-state index < -0.39 is 53.2 Å². The van der Waals surface area contributed by atoms with Crippen LogP contribution in [0.25, 0.3) is 11.2 Å². The fourth-order valence-electron chi connectivity index (χ4n) is 3.12. The monoisotopic (exact) mass is 458 g/mol. The molecule has 1 saturated heterocycles. The van der Waals surface area contributed by atoms with Crippen LogP contribution in [0.3, 0.4) is 0 Å². The molecule has 8 N–H and O–H groups in total. The second-order valence-electron chi connectivity index (χ2n) is 7.36. The Kier molecular flexibility index (Phi) is 6.73. The molecule has 15 heteroatoms. The van der Waals surface area contributed by atoms with Crippen LogP contribution in [0.2, 0.25) is 0 Å². The zero-order valence-electron chi connectivity index (χ0n) is 16.9. The van der Waals surface area contributed by atoms with Crippen molar-refractivity contribution in [3.63, 3.8) is 0 Å². The van der Waals surface area contributed by atoms with E-state index in [9.17, 15) is 23.4 Å². The number of nitrogens with zero attached hydrogens (tertiary/aromatic N) is 4. The molecule has 2 aromatic rings. The lowest BCUT2D eigenvalue weighted by Crippen LogP contribution is -2.51. The topological polar surface area (TPSA) is 221 Å². The molecule has 31 heavy (non-hydrogen) atoms. The number of hydrogen-bond donors (Lipinski definition) is 6. The van der Waals surface area contributed by atoms with Crippen LogP contribution in [0.15, 0.2) is 12.7 Å². The van der Waals surface area contributed by atoms with Crippen LogP contribution in [0.4, 0.5) is 5.82 Å². The van der Waals surface area contributed by atoms with Gasteiger partial charge in [-0.05, 0) is 5.92 Å². The van der Waals surface area contributed by atoms with Crippen molar-refractivity contribution in [3.8, 4) is 0 Å². The predicted molar refractivity (Wildman–Crippen MR) is 108 cm³/mol. The number of rotatable bonds is 8. The van der Waals surface area contributed by atoms with Gasteiger partial charge in [0, 0.05) is 6.54 Å². The lowest BCUT2D eigenvalue weighted by Gasteiger charge is -2.19. The highest BCUT2D eigenvalue weighted by Crippen LogP contribution is 2.31. The third-order valence-electron chi connectivity index (χ3n) is 5.27. The predicted octanol–water partition coefficient (Wildman–Crippen LogP) is -2.65. The molecule has 1 fully saturated rings. The molecule has 14 nitrogen and oxygen atoms in total. The highest BCUT2D eigenvalue weighted by molar-refractivity contribution is 7.88. The van der Waals surface area contributed by atoms with E-state index in [1.54, 1.807) is 6.92 Å². The summed E-state index contributed by atoms with van der Waals surface area (Å²) >= 11 is 0. The average molecular weight is 459 g/mol. The average Bonchev–Trinajstić information content (AvgIpc) is 3.27. The first-order valence-corrected chi connectivity index (χ1v) is 11.1. The number of imidazole rings is 1. The molecule has 0 saturated carbocycles. The Balaban J connectivity index is 1.66. The number of aliphatic hydroxyl groups excluding tert-OH is 2. The summed E-state index contributed by atoms with van der Waals surface area (Å²) in [5.41, 5.74) is 12.0. The molecule has 1 aliphatic heterocycles. The van der Waals surface area contributed by atoms with Gasteiger partial charge >= 0.3 is 10.2 Å². The maximum absolute atomic E-state index is 12.2. The summed E-state index contributed by atoms with van der Waals surface area (Å²) in [6, 6.07) is -0.995. The molecule has 0 bridgehead atoms. The van der Waals surface area contributed by atoms with E-state index in [-0.39, 0.29) is 22.9 Å². The number of anilines is 1. The molecular weight excluding hydrogens is 432 g/mol. The number of carbonyl (C=O) groups is 1. The quantitative estimate of drug-likeness (QED) is 0.240. The molecule has 1 amide bonds. The van der Waals surface area contributed by atoms with E-state index in [2.05, 4.69) is 19.7 Å². The smallest absolute Gasteiger partial charge is 0.301 e. The Hall–Kier alpha value is -2.43. The minimum absolute atomic E-state index is 0.132. The fraction of sp³-hybridized carbons (Fsp3) is 0.625. The van der Waals surface area contributed by atoms with E-state index in [1.807, 2.05) is 11.6 Å². The lowest BCUT2D eigenvalue weighted by atomic mass is 10.00. The Morgan fingerprint density at radius 2 is 2.03 bits per heavy atom. The highest BCUT2D eigenvalue weighted by Gasteiger charge is 2.44. The minimum atomic E-state index is -4.27. The summed E-state index contributed by atoms with van der Waals surface area (Å²) in [4.78, 5) is 24.0. The third-order valence-corrected chi connectivity index (χ3v) is 6.28. The van der Waals surface area contributed by atoms with E-state index >= 15 is 0 Å². The van der Waals surface area contributed by atoms with Crippen molar-refractivity contribution < 1.29 is 28.2 Å². The highest BCUT2D eigenvalue weighted by atomic mass is 32.2. The van der Waals surface area contributed by atoms with Gasteiger partial charge in [0.05, 0.1) is 12.4 Å². The lowest BCUT2D eigenvalue weighted by molar-refractivity contribution is -0.121. The molecule has 172 valence electrons. The van der Waals surface area contributed by atoms with Gasteiger partial charge in [-0.3, -0.25) is 9.36 Å². The Morgan fingerprint density at radius 3 is 2.71 bits per heavy atom. The van der Waals surface area contributed by atoms with Crippen LogP contribution in [-0.4, -0.2) is 75.0 Å². The standard InChI is InChI=1S/C16H26N8O6S/c1-3-7(2)9(17)15(27)23-31(28,29)22-4-8-11(25)12(26)16(30-8)24-6-21-10-13(18)19-5-20-14(10)24/h5-9,11-12,16,22,25-26H,3-4,17H2,1-2H3,(H,23,27)(H2,18,19,20)/t7-,8+,9-,11?,12-,16+/m0/s1. The van der Waals surface area contributed by atoms with Crippen LogP contribution in [0.1, 0.15) is 26.5 Å². The number of ether oxygens (including phenoxy) is 1. The summed E-state index contributed by atoms with van der Waals surface area (Å²) in [7, 11) is -4.27. The maximum atomic E-state index is 12.2. The number of aliphatic hydroxyl groups is 2. The largest absolute Gasteiger partial charge is 0.387 e. The Labute approximate surface area is 178 Å². The molecule has 6 atom stereocenters. The van der Waals surface area contributed by atoms with Crippen LogP contribution < -0.4 is 20.9 Å². The van der Waals surface area contributed by atoms with Gasteiger partial charge in [-0.25, -0.2) is 19.7 Å². The van der Waals surface area contributed by atoms with Crippen molar-refractivity contribution in [2.75, 3.05) is 12.3 Å². The summed E-state index contributed by atoms with van der Waals surface area (Å²) in [5, 5.41) is 20.7. The van der Waals surface area contributed by atoms with E-state index in [4.69, 9.17) is 16.2 Å². The molecule has 0 aliphatic carbocycles. The molecule has 3 heterocycles. The van der Waals surface area contributed by atoms with Crippen molar-refractivity contribution in [1.29, 1.82) is 0 Å². The molecule has 3 rings (SSSR count). The number of amides is 1. The molecule has 0 spiro atoms. The number of nitrogens with one attached hydrogen (secondary N) is 2. The summed E-state index contributed by atoms with van der Waals surface area (Å²) in [6.07, 6.45) is -1.92. The summed E-state index contributed by atoms with van der Waals surface area (Å²) in [6.45, 7) is 3.14. The van der Waals surface area contributed by atoms with Gasteiger partial charge in [0.25, 0.3) is 5.91 Å². The third kappa shape index (κ3) is 4.76. The van der Waals surface area contributed by atoms with Crippen molar-refractivity contribution in [1.82, 2.24) is 29.0 Å². The summed E-state index contributed by atoms with van der Waals surface area (Å²) < 4.78 is 35.3. The van der Waals surface area contributed by atoms with E-state index in [1.165, 1.54) is 17.2 Å². The van der Waals surface area contributed by atoms with Gasteiger partial charge in [0.2, 0.25) is 0 Å². The number of fused-ring (bicyclic) bond motifs is 1. The van der Waals surface area contributed by atoms with Gasteiger partial charge in [-0.2, -0.15) is 13.1 Å². The molecule has 0 aromatic carbocycles. The number of aromatic nitrogens is 4. The van der Waals surface area contributed by atoms with Crippen molar-refractivity contribution >= 4 is 33.1 Å². The van der Waals surface area contributed by atoms with Gasteiger partial charge in [-0.1, -0.05) is 20.3 Å². The number of nitrogen functional groups attached to an aromatic ring is 1. The fourth-order valence-corrected chi connectivity index (χ4v) is 3.98. The molecule has 2 aromatic heterocycles. The van der Waals surface area contributed by atoms with Gasteiger partial charge < -0.3 is 26.4 Å². The maximum Gasteiger partial charge on any atom is 0.301 e. The molecular formula is C16H26N8O6S. The number of carbonyl (C=O) groups excluding carboxylic acids is 1. The summed E-state index contributed by atoms with van der Waals surface area (Å²) in [5.74, 6) is -0.934. The number of nitrogens with two attached hydrogens (primary N) is 2. The first-order valence-electron chi connectivity index (χ1n) is 9.57.